The molecule has 0 spiro atoms. The van der Waals surface area contributed by atoms with Gasteiger partial charge in [0.25, 0.3) is 0 Å². The van der Waals surface area contributed by atoms with Gasteiger partial charge in [-0.25, -0.2) is 4.98 Å². The molecule has 1 N–H and O–H groups in total. The lowest BCUT2D eigenvalue weighted by atomic mass is 10.1. The average Bonchev–Trinajstić information content (AvgIpc) is 3.07. The van der Waals surface area contributed by atoms with Crippen LogP contribution in [0.4, 0.5) is 19.0 Å². The molecule has 0 saturated carbocycles. The van der Waals surface area contributed by atoms with Crippen LogP contribution in [0.15, 0.2) is 60.8 Å². The van der Waals surface area contributed by atoms with Gasteiger partial charge in [0.05, 0.1) is 17.8 Å². The van der Waals surface area contributed by atoms with Crippen LogP contribution in [-0.4, -0.2) is 19.6 Å². The van der Waals surface area contributed by atoms with Crippen LogP contribution in [0.1, 0.15) is 17.1 Å². The van der Waals surface area contributed by atoms with Crippen LogP contribution in [0, 0.1) is 6.92 Å². The van der Waals surface area contributed by atoms with Crippen LogP contribution in [0.2, 0.25) is 0 Å². The van der Waals surface area contributed by atoms with Crippen molar-refractivity contribution in [3.8, 4) is 11.1 Å². The summed E-state index contributed by atoms with van der Waals surface area (Å²) in [7, 11) is 0. The number of aromatic nitrogens is 4. The molecule has 0 aliphatic carbocycles. The predicted octanol–water partition coefficient (Wildman–Crippen LogP) is 4.73. The fourth-order valence-corrected chi connectivity index (χ4v) is 3.02. The van der Waals surface area contributed by atoms with Gasteiger partial charge in [-0.3, -0.25) is 4.98 Å². The second-order valence-corrected chi connectivity index (χ2v) is 6.28. The molecule has 1 aromatic carbocycles. The summed E-state index contributed by atoms with van der Waals surface area (Å²) < 4.78 is 42.4. The molecule has 0 bridgehead atoms. The summed E-state index contributed by atoms with van der Waals surface area (Å²) in [5.74, 6) is 0.417. The molecule has 0 radical (unpaired) electrons. The molecule has 5 nitrogen and oxygen atoms in total. The molecule has 4 aromatic rings. The Bertz CT molecular complexity index is 1110. The minimum atomic E-state index is -4.61. The van der Waals surface area contributed by atoms with Gasteiger partial charge in [0.15, 0.2) is 11.3 Å². The Balaban J connectivity index is 1.88. The van der Waals surface area contributed by atoms with Gasteiger partial charge >= 0.3 is 6.18 Å². The first-order valence-corrected chi connectivity index (χ1v) is 8.60. The summed E-state index contributed by atoms with van der Waals surface area (Å²) in [5.41, 5.74) is 0.925. The first-order chi connectivity index (χ1) is 13.4. The number of pyridine rings is 1. The second-order valence-electron chi connectivity index (χ2n) is 6.28. The molecule has 3 aromatic heterocycles. The van der Waals surface area contributed by atoms with Gasteiger partial charge in [-0.15, -0.1) is 0 Å². The number of nitrogens with zero attached hydrogens (tertiary/aromatic N) is 4. The molecule has 8 heteroatoms. The summed E-state index contributed by atoms with van der Waals surface area (Å²) in [6.45, 7) is 2.09. The van der Waals surface area contributed by atoms with Gasteiger partial charge in [0.2, 0.25) is 0 Å². The smallest absolute Gasteiger partial charge is 0.364 e. The Morgan fingerprint density at radius 3 is 2.46 bits per heavy atom. The Morgan fingerprint density at radius 1 is 1.04 bits per heavy atom. The van der Waals surface area contributed by atoms with E-state index in [9.17, 15) is 13.2 Å². The highest BCUT2D eigenvalue weighted by Crippen LogP contribution is 2.39. The van der Waals surface area contributed by atoms with E-state index in [0.29, 0.717) is 23.6 Å². The Kier molecular flexibility index (Phi) is 4.46. The van der Waals surface area contributed by atoms with Crippen molar-refractivity contribution in [1.29, 1.82) is 0 Å². The molecular weight excluding hydrogens is 367 g/mol. The summed E-state index contributed by atoms with van der Waals surface area (Å²) in [6, 6.07) is 15.5. The van der Waals surface area contributed by atoms with Gasteiger partial charge in [0.1, 0.15) is 5.82 Å². The van der Waals surface area contributed by atoms with E-state index in [1.807, 2.05) is 12.1 Å². The quantitative estimate of drug-likeness (QED) is 0.554. The number of alkyl halides is 3. The highest BCUT2D eigenvalue weighted by molar-refractivity contribution is 5.81. The van der Waals surface area contributed by atoms with Crippen LogP contribution in [0.25, 0.3) is 16.8 Å². The third-order valence-corrected chi connectivity index (χ3v) is 4.22. The predicted molar refractivity (Wildman–Crippen MR) is 99.7 cm³/mol. The maximum Gasteiger partial charge on any atom is 0.435 e. The van der Waals surface area contributed by atoms with E-state index < -0.39 is 11.9 Å². The van der Waals surface area contributed by atoms with E-state index in [2.05, 4.69) is 20.4 Å². The SMILES string of the molecule is Cc1cc(NCc2ccccn2)n2nc(C(F)(F)F)c(-c3ccccc3)c2n1. The zero-order valence-electron chi connectivity index (χ0n) is 14.9. The molecule has 0 aliphatic rings. The van der Waals surface area contributed by atoms with Crippen molar-refractivity contribution in [3.05, 3.63) is 77.9 Å². The van der Waals surface area contributed by atoms with Crippen molar-refractivity contribution in [2.45, 2.75) is 19.6 Å². The van der Waals surface area contributed by atoms with Crippen molar-refractivity contribution < 1.29 is 13.2 Å². The van der Waals surface area contributed by atoms with E-state index in [-0.39, 0.29) is 11.2 Å². The summed E-state index contributed by atoms with van der Waals surface area (Å²) in [6.07, 6.45) is -2.95. The zero-order valence-corrected chi connectivity index (χ0v) is 14.9. The van der Waals surface area contributed by atoms with Crippen molar-refractivity contribution in [2.24, 2.45) is 0 Å². The first kappa shape index (κ1) is 18.0. The highest BCUT2D eigenvalue weighted by atomic mass is 19.4. The third-order valence-electron chi connectivity index (χ3n) is 4.22. The van der Waals surface area contributed by atoms with Gasteiger partial charge in [-0.1, -0.05) is 36.4 Å². The van der Waals surface area contributed by atoms with Crippen LogP contribution >= 0.6 is 0 Å². The molecule has 0 unspecified atom stereocenters. The molecule has 0 aliphatic heterocycles. The number of aryl methyl sites for hydroxylation is 1. The fraction of sp³-hybridized carbons (Fsp3) is 0.150. The fourth-order valence-electron chi connectivity index (χ4n) is 3.02. The van der Waals surface area contributed by atoms with E-state index in [4.69, 9.17) is 0 Å². The highest BCUT2D eigenvalue weighted by Gasteiger charge is 2.39. The largest absolute Gasteiger partial charge is 0.435 e. The topological polar surface area (TPSA) is 55.1 Å². The normalized spacial score (nSPS) is 11.7. The monoisotopic (exact) mass is 383 g/mol. The number of hydrogen-bond donors (Lipinski definition) is 1. The molecule has 28 heavy (non-hydrogen) atoms. The number of rotatable bonds is 4. The molecule has 3 heterocycles. The number of benzene rings is 1. The minimum absolute atomic E-state index is 0.0299. The van der Waals surface area contributed by atoms with Crippen molar-refractivity contribution in [3.63, 3.8) is 0 Å². The molecule has 0 atom stereocenters. The standard InChI is InChI=1S/C20H16F3N5/c1-13-11-16(25-12-15-9-5-6-10-24-15)28-19(26-13)17(14-7-3-2-4-8-14)18(27-28)20(21,22)23/h2-11,25H,12H2,1H3. The lowest BCUT2D eigenvalue weighted by molar-refractivity contribution is -0.140. The van der Waals surface area contributed by atoms with Gasteiger partial charge in [0, 0.05) is 18.0 Å². The summed E-state index contributed by atoms with van der Waals surface area (Å²) in [5, 5.41) is 6.98. The molecule has 0 saturated heterocycles. The van der Waals surface area contributed by atoms with Gasteiger partial charge < -0.3 is 5.32 Å². The number of nitrogens with one attached hydrogen (secondary N) is 1. The third kappa shape index (κ3) is 3.40. The minimum Gasteiger partial charge on any atom is -0.364 e. The van der Waals surface area contributed by atoms with Gasteiger partial charge in [-0.05, 0) is 24.6 Å². The maximum atomic E-state index is 13.7. The first-order valence-electron chi connectivity index (χ1n) is 8.60. The maximum absolute atomic E-state index is 13.7. The van der Waals surface area contributed by atoms with Crippen molar-refractivity contribution in [2.75, 3.05) is 5.32 Å². The Hall–Kier alpha value is -3.42. The van der Waals surface area contributed by atoms with E-state index in [1.165, 1.54) is 4.52 Å². The van der Waals surface area contributed by atoms with E-state index in [0.717, 1.165) is 5.69 Å². The lowest BCUT2D eigenvalue weighted by Gasteiger charge is -2.09. The van der Waals surface area contributed by atoms with Crippen LogP contribution in [0.5, 0.6) is 0 Å². The molecule has 142 valence electrons. The zero-order chi connectivity index (χ0) is 19.7. The van der Waals surface area contributed by atoms with Gasteiger partial charge in [-0.2, -0.15) is 22.8 Å². The van der Waals surface area contributed by atoms with Crippen LogP contribution < -0.4 is 5.32 Å². The lowest BCUT2D eigenvalue weighted by Crippen LogP contribution is -2.09. The molecule has 4 rings (SSSR count). The number of anilines is 1. The van der Waals surface area contributed by atoms with Crippen LogP contribution in [-0.2, 0) is 12.7 Å². The molecular formula is C20H16F3N5. The second kappa shape index (κ2) is 6.95. The van der Waals surface area contributed by atoms with E-state index >= 15 is 0 Å². The van der Waals surface area contributed by atoms with E-state index in [1.54, 1.807) is 55.6 Å². The molecule has 0 amide bonds. The number of halogens is 3. The average molecular weight is 383 g/mol. The summed E-state index contributed by atoms with van der Waals surface area (Å²) >= 11 is 0. The van der Waals surface area contributed by atoms with Crippen LogP contribution in [0.3, 0.4) is 0 Å². The van der Waals surface area contributed by atoms with Crippen molar-refractivity contribution >= 4 is 11.5 Å². The number of fused-ring (bicyclic) bond motifs is 1. The molecule has 0 fully saturated rings. The van der Waals surface area contributed by atoms with Crippen molar-refractivity contribution in [1.82, 2.24) is 19.6 Å². The Labute approximate surface area is 158 Å². The number of hydrogen-bond acceptors (Lipinski definition) is 4. The summed E-state index contributed by atoms with van der Waals surface area (Å²) in [4.78, 5) is 8.56. The Morgan fingerprint density at radius 2 is 1.79 bits per heavy atom.